The molecule has 3 N–H and O–H groups in total. The molecule has 0 fully saturated rings. The number of carboxylic acid groups (broad SMARTS) is 1. The average molecular weight is 291 g/mol. The molecule has 0 saturated carbocycles. The van der Waals surface area contributed by atoms with E-state index in [1.807, 2.05) is 24.3 Å². The number of carbonyl (C=O) groups is 1. The minimum atomic E-state index is -0.859. The van der Waals surface area contributed by atoms with E-state index in [4.69, 9.17) is 5.11 Å². The van der Waals surface area contributed by atoms with Crippen molar-refractivity contribution in [2.75, 3.05) is 6.54 Å². The summed E-state index contributed by atoms with van der Waals surface area (Å²) in [5.41, 5.74) is 2.01. The fraction of sp³-hybridized carbons (Fsp3) is 0.471. The molecule has 0 saturated heterocycles. The summed E-state index contributed by atoms with van der Waals surface area (Å²) in [6.07, 6.45) is 1.36. The first kappa shape index (κ1) is 17.4. The number of rotatable bonds is 9. The molecule has 0 bridgehead atoms. The highest BCUT2D eigenvalue weighted by atomic mass is 16.4. The molecule has 1 aromatic rings. The molecule has 2 atom stereocenters. The molecule has 1 aromatic carbocycles. The summed E-state index contributed by atoms with van der Waals surface area (Å²) < 4.78 is 0. The van der Waals surface area contributed by atoms with Crippen LogP contribution in [0.2, 0.25) is 0 Å². The molecule has 4 heteroatoms. The fourth-order valence-electron chi connectivity index (χ4n) is 2.20. The summed E-state index contributed by atoms with van der Waals surface area (Å²) in [5, 5.41) is 22.4. The number of aliphatic hydroxyl groups excluding tert-OH is 1. The first-order valence-electron chi connectivity index (χ1n) is 7.29. The van der Waals surface area contributed by atoms with Crippen LogP contribution in [0.3, 0.4) is 0 Å². The van der Waals surface area contributed by atoms with Gasteiger partial charge in [0.15, 0.2) is 0 Å². The van der Waals surface area contributed by atoms with Gasteiger partial charge in [-0.3, -0.25) is 4.79 Å². The van der Waals surface area contributed by atoms with Crippen LogP contribution in [0.5, 0.6) is 0 Å². The van der Waals surface area contributed by atoms with Crippen molar-refractivity contribution in [3.8, 4) is 0 Å². The molecule has 0 aliphatic carbocycles. The first-order chi connectivity index (χ1) is 9.95. The summed E-state index contributed by atoms with van der Waals surface area (Å²) in [5.74, 6) is -0.416. The average Bonchev–Trinajstić information content (AvgIpc) is 2.46. The maximum atomic E-state index is 10.7. The van der Waals surface area contributed by atoms with Gasteiger partial charge in [-0.15, -0.1) is 6.58 Å². The van der Waals surface area contributed by atoms with Crippen LogP contribution < -0.4 is 5.32 Å². The van der Waals surface area contributed by atoms with Crippen molar-refractivity contribution < 1.29 is 15.0 Å². The zero-order valence-corrected chi connectivity index (χ0v) is 12.7. The van der Waals surface area contributed by atoms with Crippen LogP contribution in [-0.2, 0) is 4.79 Å². The first-order valence-corrected chi connectivity index (χ1v) is 7.29. The van der Waals surface area contributed by atoms with Gasteiger partial charge in [0.1, 0.15) is 0 Å². The maximum absolute atomic E-state index is 10.7. The number of aliphatic carboxylic acids is 1. The van der Waals surface area contributed by atoms with E-state index in [0.717, 1.165) is 5.56 Å². The number of aliphatic hydroxyl groups is 1. The number of hydrogen-bond donors (Lipinski definition) is 3. The minimum Gasteiger partial charge on any atom is -0.481 e. The molecule has 0 amide bonds. The van der Waals surface area contributed by atoms with Gasteiger partial charge < -0.3 is 15.5 Å². The second-order valence-electron chi connectivity index (χ2n) is 5.50. The molecule has 0 aliphatic rings. The van der Waals surface area contributed by atoms with Gasteiger partial charge in [-0.05, 0) is 23.5 Å². The topological polar surface area (TPSA) is 69.6 Å². The van der Waals surface area contributed by atoms with E-state index in [9.17, 15) is 9.90 Å². The summed E-state index contributed by atoms with van der Waals surface area (Å²) in [6, 6.07) is 7.52. The normalized spacial score (nSPS) is 13.9. The lowest BCUT2D eigenvalue weighted by molar-refractivity contribution is -0.137. The van der Waals surface area contributed by atoms with E-state index < -0.39 is 12.1 Å². The van der Waals surface area contributed by atoms with Gasteiger partial charge in [-0.25, -0.2) is 0 Å². The zero-order chi connectivity index (χ0) is 15.8. The molecule has 0 aromatic heterocycles. The summed E-state index contributed by atoms with van der Waals surface area (Å²) in [4.78, 5) is 10.7. The van der Waals surface area contributed by atoms with Crippen molar-refractivity contribution in [2.45, 2.75) is 44.8 Å². The molecular formula is C17H25NO3. The Balaban J connectivity index is 2.79. The Bertz CT molecular complexity index is 454. The van der Waals surface area contributed by atoms with Crippen LogP contribution in [0.15, 0.2) is 36.9 Å². The molecule has 21 heavy (non-hydrogen) atoms. The highest BCUT2D eigenvalue weighted by Gasteiger charge is 2.21. The van der Waals surface area contributed by atoms with Crippen molar-refractivity contribution >= 4 is 5.97 Å². The summed E-state index contributed by atoms with van der Waals surface area (Å²) >= 11 is 0. The molecular weight excluding hydrogens is 266 g/mol. The predicted molar refractivity (Wildman–Crippen MR) is 84.3 cm³/mol. The monoisotopic (exact) mass is 291 g/mol. The van der Waals surface area contributed by atoms with Gasteiger partial charge in [0.05, 0.1) is 6.10 Å². The van der Waals surface area contributed by atoms with Crippen molar-refractivity contribution in [3.63, 3.8) is 0 Å². The van der Waals surface area contributed by atoms with E-state index in [1.165, 1.54) is 5.56 Å². The molecule has 1 rings (SSSR count). The van der Waals surface area contributed by atoms with Gasteiger partial charge in [0, 0.05) is 19.0 Å². The Hall–Kier alpha value is -1.65. The van der Waals surface area contributed by atoms with Gasteiger partial charge in [0.25, 0.3) is 0 Å². The lowest BCUT2D eigenvalue weighted by atomic mass is 9.95. The Morgan fingerprint density at radius 1 is 1.29 bits per heavy atom. The van der Waals surface area contributed by atoms with Crippen LogP contribution in [0.4, 0.5) is 0 Å². The molecule has 0 heterocycles. The molecule has 2 unspecified atom stereocenters. The molecule has 0 aliphatic heterocycles. The van der Waals surface area contributed by atoms with Crippen molar-refractivity contribution in [1.82, 2.24) is 5.32 Å². The van der Waals surface area contributed by atoms with Crippen molar-refractivity contribution in [2.24, 2.45) is 0 Å². The van der Waals surface area contributed by atoms with Crippen LogP contribution in [-0.4, -0.2) is 28.8 Å². The van der Waals surface area contributed by atoms with E-state index in [-0.39, 0.29) is 12.5 Å². The summed E-state index contributed by atoms with van der Waals surface area (Å²) in [7, 11) is 0. The van der Waals surface area contributed by atoms with Gasteiger partial charge in [-0.1, -0.05) is 44.2 Å². The maximum Gasteiger partial charge on any atom is 0.303 e. The van der Waals surface area contributed by atoms with Crippen LogP contribution in [0, 0.1) is 0 Å². The third-order valence-corrected chi connectivity index (χ3v) is 3.52. The molecule has 116 valence electrons. The van der Waals surface area contributed by atoms with Gasteiger partial charge in [-0.2, -0.15) is 0 Å². The minimum absolute atomic E-state index is 0.0238. The van der Waals surface area contributed by atoms with Crippen molar-refractivity contribution in [3.05, 3.63) is 48.0 Å². The number of nitrogens with one attached hydrogen (secondary N) is 1. The second kappa shape index (κ2) is 8.60. The smallest absolute Gasteiger partial charge is 0.303 e. The predicted octanol–water partition coefficient (Wildman–Crippen LogP) is 2.85. The van der Waals surface area contributed by atoms with E-state index in [1.54, 1.807) is 6.08 Å². The van der Waals surface area contributed by atoms with E-state index >= 15 is 0 Å². The lowest BCUT2D eigenvalue weighted by Gasteiger charge is -2.24. The van der Waals surface area contributed by atoms with E-state index in [0.29, 0.717) is 18.9 Å². The Morgan fingerprint density at radius 3 is 2.33 bits per heavy atom. The Kier molecular flexibility index (Phi) is 7.12. The number of carboxylic acids is 1. The highest BCUT2D eigenvalue weighted by molar-refractivity contribution is 5.66. The molecule has 0 radical (unpaired) electrons. The highest BCUT2D eigenvalue weighted by Crippen LogP contribution is 2.23. The second-order valence-corrected chi connectivity index (χ2v) is 5.50. The van der Waals surface area contributed by atoms with Gasteiger partial charge in [0.2, 0.25) is 0 Å². The SMILES string of the molecule is C=CCNC(CCC(=O)O)C(O)c1ccc(C(C)C)cc1. The lowest BCUT2D eigenvalue weighted by Crippen LogP contribution is -2.35. The third kappa shape index (κ3) is 5.69. The van der Waals surface area contributed by atoms with E-state index in [2.05, 4.69) is 25.7 Å². The summed E-state index contributed by atoms with van der Waals surface area (Å²) in [6.45, 7) is 8.40. The number of hydrogen-bond acceptors (Lipinski definition) is 3. The van der Waals surface area contributed by atoms with Gasteiger partial charge >= 0.3 is 5.97 Å². The largest absolute Gasteiger partial charge is 0.481 e. The van der Waals surface area contributed by atoms with Crippen molar-refractivity contribution in [1.29, 1.82) is 0 Å². The zero-order valence-electron chi connectivity index (χ0n) is 12.7. The molecule has 4 nitrogen and oxygen atoms in total. The molecule has 0 spiro atoms. The Morgan fingerprint density at radius 2 is 1.86 bits per heavy atom. The van der Waals surface area contributed by atoms with Crippen LogP contribution in [0.1, 0.15) is 49.8 Å². The van der Waals surface area contributed by atoms with Crippen LogP contribution >= 0.6 is 0 Å². The fourth-order valence-corrected chi connectivity index (χ4v) is 2.20. The Labute approximate surface area is 126 Å². The third-order valence-electron chi connectivity index (χ3n) is 3.52. The van der Waals surface area contributed by atoms with Crippen LogP contribution in [0.25, 0.3) is 0 Å². The quantitative estimate of drug-likeness (QED) is 0.612. The standard InChI is InChI=1S/C17H25NO3/c1-4-11-18-15(9-10-16(19)20)17(21)14-7-5-13(6-8-14)12(2)3/h4-8,12,15,17-18,21H,1,9-11H2,2-3H3,(H,19,20). The number of benzene rings is 1.